The van der Waals surface area contributed by atoms with E-state index < -0.39 is 12.0 Å². The first-order chi connectivity index (χ1) is 11.1. The van der Waals surface area contributed by atoms with Crippen molar-refractivity contribution < 1.29 is 13.9 Å². The third-order valence-electron chi connectivity index (χ3n) is 5.20. The van der Waals surface area contributed by atoms with Crippen LogP contribution in [0.3, 0.4) is 0 Å². The summed E-state index contributed by atoms with van der Waals surface area (Å²) in [4.78, 5) is 8.66. The van der Waals surface area contributed by atoms with E-state index in [2.05, 4.69) is 9.97 Å². The maximum atomic E-state index is 13.3. The summed E-state index contributed by atoms with van der Waals surface area (Å²) in [7, 11) is 0. The lowest BCUT2D eigenvalue weighted by Gasteiger charge is -2.32. The van der Waals surface area contributed by atoms with E-state index in [0.717, 1.165) is 17.0 Å². The Morgan fingerprint density at radius 3 is 2.91 bits per heavy atom. The van der Waals surface area contributed by atoms with E-state index in [-0.39, 0.29) is 24.8 Å². The lowest BCUT2D eigenvalue weighted by atomic mass is 9.81. The second-order valence-electron chi connectivity index (χ2n) is 6.63. The van der Waals surface area contributed by atoms with Gasteiger partial charge in [0.2, 0.25) is 5.92 Å². The van der Waals surface area contributed by atoms with Crippen LogP contribution >= 0.6 is 0 Å². The normalized spacial score (nSPS) is 24.2. The van der Waals surface area contributed by atoms with E-state index in [1.807, 2.05) is 16.7 Å². The standard InChI is InChI=1S/C17H19F2N3O/c18-17(19)5-3-11(4-6-17)15(23)8-13-16-12(2-1-7-21-16)14-9-20-10-22(13)14/h1-2,7,9-11,13,15,23H,3-6,8H2. The first-order valence-corrected chi connectivity index (χ1v) is 8.08. The Hall–Kier alpha value is -1.82. The molecule has 0 saturated heterocycles. The van der Waals surface area contributed by atoms with E-state index in [1.54, 1.807) is 18.7 Å². The van der Waals surface area contributed by atoms with Crippen LogP contribution in [0.2, 0.25) is 0 Å². The third kappa shape index (κ3) is 2.55. The number of nitrogens with zero attached hydrogens (tertiary/aromatic N) is 3. The molecular formula is C17H19F2N3O. The number of aromatic nitrogens is 3. The molecule has 4 rings (SSSR count). The van der Waals surface area contributed by atoms with Gasteiger partial charge >= 0.3 is 0 Å². The van der Waals surface area contributed by atoms with Gasteiger partial charge in [-0.15, -0.1) is 0 Å². The average Bonchev–Trinajstić information content (AvgIpc) is 3.10. The fourth-order valence-corrected chi connectivity index (χ4v) is 3.89. The molecule has 4 nitrogen and oxygen atoms in total. The van der Waals surface area contributed by atoms with Crippen molar-refractivity contribution in [2.75, 3.05) is 0 Å². The zero-order valence-electron chi connectivity index (χ0n) is 12.7. The van der Waals surface area contributed by atoms with Crippen molar-refractivity contribution in [3.63, 3.8) is 0 Å². The molecule has 2 unspecified atom stereocenters. The van der Waals surface area contributed by atoms with E-state index in [4.69, 9.17) is 0 Å². The number of aliphatic hydroxyl groups is 1. The lowest BCUT2D eigenvalue weighted by Crippen LogP contribution is -2.32. The largest absolute Gasteiger partial charge is 0.393 e. The summed E-state index contributed by atoms with van der Waals surface area (Å²) >= 11 is 0. The van der Waals surface area contributed by atoms with Gasteiger partial charge in [0.15, 0.2) is 0 Å². The molecule has 2 aromatic rings. The maximum absolute atomic E-state index is 13.3. The fourth-order valence-electron chi connectivity index (χ4n) is 3.89. The van der Waals surface area contributed by atoms with Crippen LogP contribution in [0.1, 0.15) is 43.8 Å². The Kier molecular flexibility index (Phi) is 3.44. The van der Waals surface area contributed by atoms with Crippen LogP contribution in [-0.4, -0.2) is 31.7 Å². The molecule has 0 amide bonds. The van der Waals surface area contributed by atoms with Crippen molar-refractivity contribution in [2.45, 2.75) is 50.2 Å². The minimum Gasteiger partial charge on any atom is -0.393 e. The van der Waals surface area contributed by atoms with Crippen molar-refractivity contribution in [2.24, 2.45) is 5.92 Å². The molecule has 0 radical (unpaired) electrons. The fraction of sp³-hybridized carbons (Fsp3) is 0.529. The molecule has 1 fully saturated rings. The third-order valence-corrected chi connectivity index (χ3v) is 5.20. The predicted octanol–water partition coefficient (Wildman–Crippen LogP) is 3.42. The monoisotopic (exact) mass is 319 g/mol. The minimum absolute atomic E-state index is 0.0608. The molecule has 6 heteroatoms. The van der Waals surface area contributed by atoms with Gasteiger partial charge in [0, 0.05) is 31.0 Å². The smallest absolute Gasteiger partial charge is 0.248 e. The molecule has 2 aromatic heterocycles. The molecule has 3 heterocycles. The number of imidazole rings is 1. The molecule has 1 aliphatic carbocycles. The van der Waals surface area contributed by atoms with Crippen molar-refractivity contribution in [3.05, 3.63) is 36.5 Å². The van der Waals surface area contributed by atoms with Gasteiger partial charge < -0.3 is 9.67 Å². The number of fused-ring (bicyclic) bond motifs is 3. The number of halogens is 2. The second-order valence-corrected chi connectivity index (χ2v) is 6.63. The summed E-state index contributed by atoms with van der Waals surface area (Å²) in [5.41, 5.74) is 2.97. The Bertz CT molecular complexity index is 705. The van der Waals surface area contributed by atoms with Gasteiger partial charge in [-0.3, -0.25) is 4.98 Å². The Labute approximate surface area is 133 Å². The zero-order valence-corrected chi connectivity index (χ0v) is 12.7. The molecule has 122 valence electrons. The maximum Gasteiger partial charge on any atom is 0.248 e. The number of hydrogen-bond donors (Lipinski definition) is 1. The summed E-state index contributed by atoms with van der Waals surface area (Å²) in [6.07, 6.45) is 5.72. The first kappa shape index (κ1) is 14.8. The second kappa shape index (κ2) is 5.37. The van der Waals surface area contributed by atoms with E-state index in [0.29, 0.717) is 19.3 Å². The van der Waals surface area contributed by atoms with E-state index in [9.17, 15) is 13.9 Å². The van der Waals surface area contributed by atoms with Crippen LogP contribution in [0.5, 0.6) is 0 Å². The minimum atomic E-state index is -2.56. The topological polar surface area (TPSA) is 50.9 Å². The van der Waals surface area contributed by atoms with Crippen LogP contribution in [0, 0.1) is 5.92 Å². The van der Waals surface area contributed by atoms with E-state index in [1.165, 1.54) is 0 Å². The van der Waals surface area contributed by atoms with Crippen molar-refractivity contribution in [1.29, 1.82) is 0 Å². The van der Waals surface area contributed by atoms with Gasteiger partial charge in [0.05, 0.1) is 36.1 Å². The summed E-state index contributed by atoms with van der Waals surface area (Å²) in [6, 6.07) is 3.82. The average molecular weight is 319 g/mol. The quantitative estimate of drug-likeness (QED) is 0.943. The van der Waals surface area contributed by atoms with Gasteiger partial charge in [-0.05, 0) is 30.9 Å². The molecule has 23 heavy (non-hydrogen) atoms. The number of pyridine rings is 1. The molecule has 1 saturated carbocycles. The van der Waals surface area contributed by atoms with Gasteiger partial charge in [-0.2, -0.15) is 0 Å². The Morgan fingerprint density at radius 1 is 1.35 bits per heavy atom. The Balaban J connectivity index is 1.53. The lowest BCUT2D eigenvalue weighted by molar-refractivity contribution is -0.0639. The summed E-state index contributed by atoms with van der Waals surface area (Å²) < 4.78 is 28.6. The van der Waals surface area contributed by atoms with Crippen LogP contribution in [-0.2, 0) is 0 Å². The van der Waals surface area contributed by atoms with Crippen LogP contribution < -0.4 is 0 Å². The molecule has 0 spiro atoms. The molecule has 0 aromatic carbocycles. The summed E-state index contributed by atoms with van der Waals surface area (Å²) in [6.45, 7) is 0. The van der Waals surface area contributed by atoms with Gasteiger partial charge in [-0.1, -0.05) is 0 Å². The van der Waals surface area contributed by atoms with Crippen molar-refractivity contribution >= 4 is 0 Å². The Morgan fingerprint density at radius 2 is 2.13 bits per heavy atom. The number of rotatable bonds is 3. The SMILES string of the molecule is OC(CC1c2ncccc2-c2cncn21)C1CCC(F)(F)CC1. The molecule has 0 bridgehead atoms. The molecule has 2 aliphatic rings. The summed E-state index contributed by atoms with van der Waals surface area (Å²) in [5.74, 6) is -2.62. The zero-order chi connectivity index (χ0) is 16.0. The predicted molar refractivity (Wildman–Crippen MR) is 81.1 cm³/mol. The number of aliphatic hydroxyl groups excluding tert-OH is 1. The highest BCUT2D eigenvalue weighted by atomic mass is 19.3. The van der Waals surface area contributed by atoms with Crippen molar-refractivity contribution in [3.8, 4) is 11.3 Å². The first-order valence-electron chi connectivity index (χ1n) is 8.08. The summed E-state index contributed by atoms with van der Waals surface area (Å²) in [5, 5.41) is 10.6. The highest BCUT2D eigenvalue weighted by Gasteiger charge is 2.39. The highest BCUT2D eigenvalue weighted by Crippen LogP contribution is 2.43. The molecule has 1 N–H and O–H groups in total. The van der Waals surface area contributed by atoms with Crippen LogP contribution in [0.15, 0.2) is 30.9 Å². The molecule has 2 atom stereocenters. The number of hydrogen-bond acceptors (Lipinski definition) is 3. The van der Waals surface area contributed by atoms with Crippen LogP contribution in [0.25, 0.3) is 11.3 Å². The van der Waals surface area contributed by atoms with Gasteiger partial charge in [-0.25, -0.2) is 13.8 Å². The van der Waals surface area contributed by atoms with E-state index >= 15 is 0 Å². The molecule has 1 aliphatic heterocycles. The van der Waals surface area contributed by atoms with Crippen LogP contribution in [0.4, 0.5) is 8.78 Å². The number of alkyl halides is 2. The van der Waals surface area contributed by atoms with Crippen molar-refractivity contribution in [1.82, 2.24) is 14.5 Å². The van der Waals surface area contributed by atoms with Gasteiger partial charge in [0.1, 0.15) is 0 Å². The highest BCUT2D eigenvalue weighted by molar-refractivity contribution is 5.66. The van der Waals surface area contributed by atoms with Gasteiger partial charge in [0.25, 0.3) is 0 Å². The molecular weight excluding hydrogens is 300 g/mol.